The lowest BCUT2D eigenvalue weighted by atomic mass is 10.1. The maximum absolute atomic E-state index is 12.4. The molecule has 1 aromatic carbocycles. The average molecular weight is 227 g/mol. The molecule has 1 aromatic heterocycles. The Morgan fingerprint density at radius 2 is 1.81 bits per heavy atom. The van der Waals surface area contributed by atoms with Crippen molar-refractivity contribution < 1.29 is 17.6 Å². The largest absolute Gasteiger partial charge is 0.441 e. The molecule has 2 N–H and O–H groups in total. The van der Waals surface area contributed by atoms with Crippen molar-refractivity contribution in [1.29, 1.82) is 0 Å². The van der Waals surface area contributed by atoms with E-state index in [4.69, 9.17) is 10.2 Å². The Balaban J connectivity index is 2.44. The summed E-state index contributed by atoms with van der Waals surface area (Å²) < 4.78 is 42.3. The summed E-state index contributed by atoms with van der Waals surface area (Å²) >= 11 is 0. The van der Waals surface area contributed by atoms with Crippen molar-refractivity contribution in [3.63, 3.8) is 0 Å². The molecule has 2 rings (SSSR count). The summed E-state index contributed by atoms with van der Waals surface area (Å²) in [6, 6.07) is 7.93. The van der Waals surface area contributed by atoms with Gasteiger partial charge in [-0.25, -0.2) is 0 Å². The maximum Gasteiger partial charge on any atom is 0.416 e. The summed E-state index contributed by atoms with van der Waals surface area (Å²) in [5.74, 6) is 0.496. The number of hydrogen-bond acceptors (Lipinski definition) is 2. The minimum atomic E-state index is -4.35. The monoisotopic (exact) mass is 227 g/mol. The summed E-state index contributed by atoms with van der Waals surface area (Å²) in [6.07, 6.45) is -4.35. The smallest absolute Gasteiger partial charge is 0.416 e. The summed E-state index contributed by atoms with van der Waals surface area (Å²) in [5, 5.41) is 0. The zero-order chi connectivity index (χ0) is 11.8. The highest BCUT2D eigenvalue weighted by Gasteiger charge is 2.30. The van der Waals surface area contributed by atoms with Crippen LogP contribution in [0.5, 0.6) is 0 Å². The number of nitrogen functional groups attached to an aromatic ring is 1. The second-order valence-electron chi connectivity index (χ2n) is 3.28. The number of anilines is 1. The highest BCUT2D eigenvalue weighted by Crippen LogP contribution is 2.32. The predicted molar refractivity (Wildman–Crippen MR) is 53.6 cm³/mol. The van der Waals surface area contributed by atoms with E-state index in [9.17, 15) is 13.2 Å². The number of furan rings is 1. The zero-order valence-corrected chi connectivity index (χ0v) is 8.08. The third-order valence-electron chi connectivity index (χ3n) is 2.10. The fraction of sp³-hybridized carbons (Fsp3) is 0.0909. The van der Waals surface area contributed by atoms with Gasteiger partial charge in [-0.15, -0.1) is 0 Å². The Bertz CT molecular complexity index is 502. The Morgan fingerprint density at radius 3 is 2.38 bits per heavy atom. The van der Waals surface area contributed by atoms with Crippen molar-refractivity contribution in [3.05, 3.63) is 42.0 Å². The van der Waals surface area contributed by atoms with Gasteiger partial charge in [0.2, 0.25) is 0 Å². The standard InChI is InChI=1S/C11H8F3NO/c12-11(13,14)8-3-1-2-7(6-8)9-4-5-10(15)16-9/h1-6H,15H2. The number of alkyl halides is 3. The van der Waals surface area contributed by atoms with Gasteiger partial charge in [0.1, 0.15) is 5.76 Å². The van der Waals surface area contributed by atoms with E-state index in [1.807, 2.05) is 0 Å². The van der Waals surface area contributed by atoms with Crippen molar-refractivity contribution >= 4 is 5.88 Å². The molecule has 1 heterocycles. The van der Waals surface area contributed by atoms with Crippen LogP contribution in [0.25, 0.3) is 11.3 Å². The highest BCUT2D eigenvalue weighted by atomic mass is 19.4. The Labute approximate surface area is 89.5 Å². The van der Waals surface area contributed by atoms with Gasteiger partial charge in [0, 0.05) is 11.6 Å². The number of rotatable bonds is 1. The van der Waals surface area contributed by atoms with Crippen LogP contribution in [0.15, 0.2) is 40.8 Å². The first-order chi connectivity index (χ1) is 7.47. The molecule has 0 fully saturated rings. The minimum absolute atomic E-state index is 0.174. The predicted octanol–water partition coefficient (Wildman–Crippen LogP) is 3.55. The first-order valence-electron chi connectivity index (χ1n) is 4.50. The number of nitrogens with two attached hydrogens (primary N) is 1. The van der Waals surface area contributed by atoms with Gasteiger partial charge >= 0.3 is 6.18 Å². The molecule has 16 heavy (non-hydrogen) atoms. The van der Waals surface area contributed by atoms with Crippen molar-refractivity contribution in [2.24, 2.45) is 0 Å². The third-order valence-corrected chi connectivity index (χ3v) is 2.10. The quantitative estimate of drug-likeness (QED) is 0.809. The highest BCUT2D eigenvalue weighted by molar-refractivity contribution is 5.60. The molecule has 5 heteroatoms. The topological polar surface area (TPSA) is 39.2 Å². The number of hydrogen-bond donors (Lipinski definition) is 1. The third kappa shape index (κ3) is 2.03. The molecule has 0 saturated heterocycles. The van der Waals surface area contributed by atoms with Gasteiger partial charge in [-0.1, -0.05) is 12.1 Å². The van der Waals surface area contributed by atoms with Crippen LogP contribution >= 0.6 is 0 Å². The zero-order valence-electron chi connectivity index (χ0n) is 8.08. The average Bonchev–Trinajstić information content (AvgIpc) is 2.64. The fourth-order valence-electron chi connectivity index (χ4n) is 1.36. The summed E-state index contributed by atoms with van der Waals surface area (Å²) in [6.45, 7) is 0. The molecule has 0 aliphatic heterocycles. The van der Waals surface area contributed by atoms with Crippen LogP contribution < -0.4 is 5.73 Å². The Morgan fingerprint density at radius 1 is 1.06 bits per heavy atom. The van der Waals surface area contributed by atoms with Gasteiger partial charge in [0.05, 0.1) is 5.56 Å². The van der Waals surface area contributed by atoms with E-state index >= 15 is 0 Å². The maximum atomic E-state index is 12.4. The molecule has 0 aliphatic rings. The molecule has 0 amide bonds. The fourth-order valence-corrected chi connectivity index (χ4v) is 1.36. The van der Waals surface area contributed by atoms with Crippen LogP contribution in [0, 0.1) is 0 Å². The molecule has 0 bridgehead atoms. The van der Waals surface area contributed by atoms with E-state index in [2.05, 4.69) is 0 Å². The summed E-state index contributed by atoms with van der Waals surface area (Å²) in [7, 11) is 0. The molecule has 84 valence electrons. The molecule has 0 saturated carbocycles. The van der Waals surface area contributed by atoms with E-state index in [1.165, 1.54) is 24.3 Å². The van der Waals surface area contributed by atoms with Crippen molar-refractivity contribution in [3.8, 4) is 11.3 Å². The first-order valence-corrected chi connectivity index (χ1v) is 4.50. The lowest BCUT2D eigenvalue weighted by Crippen LogP contribution is -2.04. The molecule has 2 nitrogen and oxygen atoms in total. The second kappa shape index (κ2) is 3.59. The summed E-state index contributed by atoms with van der Waals surface area (Å²) in [5.41, 5.74) is 5.00. The number of benzene rings is 1. The first kappa shape index (κ1) is 10.6. The molecule has 0 spiro atoms. The molecule has 2 aromatic rings. The van der Waals surface area contributed by atoms with Gasteiger partial charge < -0.3 is 10.2 Å². The van der Waals surface area contributed by atoms with Gasteiger partial charge in [-0.3, -0.25) is 0 Å². The Kier molecular flexibility index (Phi) is 2.38. The van der Waals surface area contributed by atoms with E-state index in [0.29, 0.717) is 11.3 Å². The van der Waals surface area contributed by atoms with Crippen LogP contribution in [0.4, 0.5) is 19.1 Å². The van der Waals surface area contributed by atoms with E-state index < -0.39 is 11.7 Å². The van der Waals surface area contributed by atoms with Gasteiger partial charge in [-0.05, 0) is 18.2 Å². The Hall–Kier alpha value is -1.91. The van der Waals surface area contributed by atoms with E-state index in [0.717, 1.165) is 12.1 Å². The molecule has 0 radical (unpaired) electrons. The number of halogens is 3. The van der Waals surface area contributed by atoms with E-state index in [1.54, 1.807) is 0 Å². The second-order valence-corrected chi connectivity index (χ2v) is 3.28. The molecule has 0 atom stereocenters. The van der Waals surface area contributed by atoms with Crippen molar-refractivity contribution in [2.75, 3.05) is 5.73 Å². The molecule has 0 aliphatic carbocycles. The van der Waals surface area contributed by atoms with Gasteiger partial charge in [0.15, 0.2) is 5.88 Å². The van der Waals surface area contributed by atoms with Crippen LogP contribution in [0.1, 0.15) is 5.56 Å². The lowest BCUT2D eigenvalue weighted by Gasteiger charge is -2.07. The summed E-state index contributed by atoms with van der Waals surface area (Å²) in [4.78, 5) is 0. The van der Waals surface area contributed by atoms with Crippen LogP contribution in [-0.4, -0.2) is 0 Å². The van der Waals surface area contributed by atoms with Crippen LogP contribution in [0.2, 0.25) is 0 Å². The van der Waals surface area contributed by atoms with Crippen molar-refractivity contribution in [2.45, 2.75) is 6.18 Å². The van der Waals surface area contributed by atoms with E-state index in [-0.39, 0.29) is 5.88 Å². The lowest BCUT2D eigenvalue weighted by molar-refractivity contribution is -0.137. The van der Waals surface area contributed by atoms with Crippen LogP contribution in [0.3, 0.4) is 0 Å². The molecular weight excluding hydrogens is 219 g/mol. The van der Waals surface area contributed by atoms with Gasteiger partial charge in [0.25, 0.3) is 0 Å². The molecule has 0 unspecified atom stereocenters. The molecular formula is C11H8F3NO. The van der Waals surface area contributed by atoms with Gasteiger partial charge in [-0.2, -0.15) is 13.2 Å². The van der Waals surface area contributed by atoms with Crippen LogP contribution in [-0.2, 0) is 6.18 Å². The minimum Gasteiger partial charge on any atom is -0.441 e. The van der Waals surface area contributed by atoms with Crippen molar-refractivity contribution in [1.82, 2.24) is 0 Å². The normalized spacial score (nSPS) is 11.7. The SMILES string of the molecule is Nc1ccc(-c2cccc(C(F)(F)F)c2)o1.